The third-order valence-electron chi connectivity index (χ3n) is 3.11. The van der Waals surface area contributed by atoms with Crippen LogP contribution >= 0.6 is 0 Å². The number of nitrogens with zero attached hydrogens (tertiary/aromatic N) is 6. The molecule has 0 amide bonds. The second-order valence-corrected chi connectivity index (χ2v) is 5.00. The molecule has 1 rings (SSSR count). The Morgan fingerprint density at radius 3 is 1.84 bits per heavy atom. The number of rotatable bonds is 5. The van der Waals surface area contributed by atoms with Gasteiger partial charge in [-0.25, -0.2) is 0 Å². The Kier molecular flexibility index (Phi) is 7.26. The molecule has 0 aromatic rings. The molecule has 0 radical (unpaired) electrons. The van der Waals surface area contributed by atoms with Gasteiger partial charge < -0.3 is 14.2 Å². The van der Waals surface area contributed by atoms with E-state index in [9.17, 15) is 14.4 Å². The van der Waals surface area contributed by atoms with Crippen LogP contribution in [-0.2, 0) is 28.6 Å². The van der Waals surface area contributed by atoms with Gasteiger partial charge >= 0.3 is 17.9 Å². The molecule has 0 spiro atoms. The Labute approximate surface area is 142 Å². The fourth-order valence-electron chi connectivity index (χ4n) is 2.33. The molecule has 1 aliphatic rings. The molecular formula is C13H16N6O6. The molecule has 0 saturated heterocycles. The van der Waals surface area contributed by atoms with Gasteiger partial charge in [-0.05, 0) is 17.1 Å². The van der Waals surface area contributed by atoms with Crippen LogP contribution in [0.1, 0.15) is 20.8 Å². The summed E-state index contributed by atoms with van der Waals surface area (Å²) in [4.78, 5) is 39.6. The largest absolute Gasteiger partial charge is 0.458 e. The van der Waals surface area contributed by atoms with Crippen molar-refractivity contribution >= 4 is 17.9 Å². The van der Waals surface area contributed by atoms with E-state index in [2.05, 4.69) is 20.1 Å². The standard InChI is InChI=1S/C13H16N6O6/c1-6(20)23-10-5-4-9(16-18-14)11(17-19-15)13(25-8(3)22)12(10)24-7(2)21/h4-5,9-13H,1-3H3/t9-,10-,11-,12+,13+/m1/s1. The first-order valence-corrected chi connectivity index (χ1v) is 7.08. The average molecular weight is 352 g/mol. The van der Waals surface area contributed by atoms with E-state index in [-0.39, 0.29) is 0 Å². The van der Waals surface area contributed by atoms with E-state index in [0.717, 1.165) is 20.8 Å². The average Bonchev–Trinajstić information content (AvgIpc) is 2.61. The lowest BCUT2D eigenvalue weighted by Gasteiger charge is -2.32. The minimum absolute atomic E-state index is 0.684. The zero-order valence-electron chi connectivity index (χ0n) is 13.7. The second-order valence-electron chi connectivity index (χ2n) is 5.00. The molecular weight excluding hydrogens is 336 g/mol. The molecule has 0 heterocycles. The van der Waals surface area contributed by atoms with Crippen molar-refractivity contribution in [1.82, 2.24) is 0 Å². The quantitative estimate of drug-likeness (QED) is 0.181. The van der Waals surface area contributed by atoms with Crippen molar-refractivity contribution < 1.29 is 28.6 Å². The zero-order valence-corrected chi connectivity index (χ0v) is 13.7. The van der Waals surface area contributed by atoms with Gasteiger partial charge in [0.2, 0.25) is 0 Å². The SMILES string of the molecule is CC(=O)O[C@@H]1[C@@H](OC(C)=O)[C@H](N=[N+]=[N-])[C@H](N=[N+]=[N-])C=C[C@H]1OC(C)=O. The van der Waals surface area contributed by atoms with Crippen LogP contribution < -0.4 is 0 Å². The third kappa shape index (κ3) is 5.72. The van der Waals surface area contributed by atoms with Crippen molar-refractivity contribution in [2.45, 2.75) is 51.2 Å². The lowest BCUT2D eigenvalue weighted by molar-refractivity contribution is -0.180. The van der Waals surface area contributed by atoms with Gasteiger partial charge in [0.25, 0.3) is 0 Å². The van der Waals surface area contributed by atoms with E-state index < -0.39 is 48.3 Å². The summed E-state index contributed by atoms with van der Waals surface area (Å²) in [5, 5.41) is 6.99. The van der Waals surface area contributed by atoms with Crippen LogP contribution in [0.5, 0.6) is 0 Å². The molecule has 12 heteroatoms. The maximum Gasteiger partial charge on any atom is 0.303 e. The van der Waals surface area contributed by atoms with Gasteiger partial charge in [0.05, 0.1) is 12.1 Å². The summed E-state index contributed by atoms with van der Waals surface area (Å²) >= 11 is 0. The zero-order chi connectivity index (χ0) is 19.0. The highest BCUT2D eigenvalue weighted by Gasteiger charge is 2.44. The Morgan fingerprint density at radius 1 is 0.840 bits per heavy atom. The summed E-state index contributed by atoms with van der Waals surface area (Å²) in [5.41, 5.74) is 17.5. The molecule has 5 atom stereocenters. The first-order valence-electron chi connectivity index (χ1n) is 7.08. The van der Waals surface area contributed by atoms with Gasteiger partial charge in [-0.1, -0.05) is 16.3 Å². The van der Waals surface area contributed by atoms with Crippen LogP contribution in [0.4, 0.5) is 0 Å². The van der Waals surface area contributed by atoms with Crippen LogP contribution in [0.25, 0.3) is 20.9 Å². The van der Waals surface area contributed by atoms with Crippen LogP contribution in [0.3, 0.4) is 0 Å². The Balaban J connectivity index is 3.47. The van der Waals surface area contributed by atoms with Crippen molar-refractivity contribution in [2.75, 3.05) is 0 Å². The van der Waals surface area contributed by atoms with E-state index in [1.807, 2.05) is 0 Å². The summed E-state index contributed by atoms with van der Waals surface area (Å²) in [7, 11) is 0. The Morgan fingerprint density at radius 2 is 1.36 bits per heavy atom. The van der Waals surface area contributed by atoms with Gasteiger partial charge in [0.15, 0.2) is 18.3 Å². The predicted molar refractivity (Wildman–Crippen MR) is 81.7 cm³/mol. The van der Waals surface area contributed by atoms with Crippen molar-refractivity contribution in [3.63, 3.8) is 0 Å². The lowest BCUT2D eigenvalue weighted by Crippen LogP contribution is -2.50. The molecule has 0 bridgehead atoms. The predicted octanol–water partition coefficient (Wildman–Crippen LogP) is 1.71. The van der Waals surface area contributed by atoms with Crippen molar-refractivity contribution in [3.8, 4) is 0 Å². The first kappa shape index (κ1) is 19.8. The summed E-state index contributed by atoms with van der Waals surface area (Å²) in [6.45, 7) is 3.34. The highest BCUT2D eigenvalue weighted by Crippen LogP contribution is 2.27. The van der Waals surface area contributed by atoms with Gasteiger partial charge in [-0.15, -0.1) is 0 Å². The minimum Gasteiger partial charge on any atom is -0.458 e. The molecule has 134 valence electrons. The molecule has 0 unspecified atom stereocenters. The monoisotopic (exact) mass is 352 g/mol. The topological polar surface area (TPSA) is 176 Å². The van der Waals surface area contributed by atoms with E-state index in [1.165, 1.54) is 12.2 Å². The Hall–Kier alpha value is -3.23. The fraction of sp³-hybridized carbons (Fsp3) is 0.615. The van der Waals surface area contributed by atoms with Gasteiger partial charge in [-0.2, -0.15) is 0 Å². The first-order chi connectivity index (χ1) is 11.8. The normalized spacial score (nSPS) is 27.7. The molecule has 0 saturated carbocycles. The smallest absolute Gasteiger partial charge is 0.303 e. The number of hydrogen-bond acceptors (Lipinski definition) is 8. The maximum atomic E-state index is 11.5. The molecule has 25 heavy (non-hydrogen) atoms. The molecule has 0 aromatic carbocycles. The number of carbonyl (C=O) groups is 3. The fourth-order valence-corrected chi connectivity index (χ4v) is 2.33. The Bertz CT molecular complexity index is 666. The third-order valence-corrected chi connectivity index (χ3v) is 3.11. The van der Waals surface area contributed by atoms with E-state index >= 15 is 0 Å². The number of ether oxygens (including phenoxy) is 3. The van der Waals surface area contributed by atoms with Crippen LogP contribution in [0.15, 0.2) is 22.4 Å². The van der Waals surface area contributed by atoms with Crippen molar-refractivity contribution in [3.05, 3.63) is 33.0 Å². The summed E-state index contributed by atoms with van der Waals surface area (Å²) < 4.78 is 15.4. The summed E-state index contributed by atoms with van der Waals surface area (Å²) in [5.74, 6) is -2.19. The molecule has 0 aliphatic heterocycles. The molecule has 1 aliphatic carbocycles. The number of azide groups is 2. The lowest BCUT2D eigenvalue weighted by atomic mass is 9.99. The second kappa shape index (κ2) is 9.16. The van der Waals surface area contributed by atoms with Gasteiger partial charge in [0, 0.05) is 30.6 Å². The van der Waals surface area contributed by atoms with Gasteiger partial charge in [-0.3, -0.25) is 14.4 Å². The molecule has 0 fully saturated rings. The number of carbonyl (C=O) groups excluding carboxylic acids is 3. The van der Waals surface area contributed by atoms with Gasteiger partial charge in [0.1, 0.15) is 0 Å². The highest BCUT2D eigenvalue weighted by atomic mass is 16.6. The summed E-state index contributed by atoms with van der Waals surface area (Å²) in [6, 6.07) is -2.27. The molecule has 12 nitrogen and oxygen atoms in total. The summed E-state index contributed by atoms with van der Waals surface area (Å²) in [6.07, 6.45) is -1.13. The van der Waals surface area contributed by atoms with Crippen LogP contribution in [-0.4, -0.2) is 48.3 Å². The molecule has 0 aromatic heterocycles. The highest BCUT2D eigenvalue weighted by molar-refractivity contribution is 5.68. The van der Waals surface area contributed by atoms with E-state index in [0.29, 0.717) is 0 Å². The van der Waals surface area contributed by atoms with Crippen molar-refractivity contribution in [1.29, 1.82) is 0 Å². The minimum atomic E-state index is -1.34. The van der Waals surface area contributed by atoms with Crippen LogP contribution in [0, 0.1) is 0 Å². The van der Waals surface area contributed by atoms with Crippen molar-refractivity contribution in [2.24, 2.45) is 10.2 Å². The number of esters is 3. The van der Waals surface area contributed by atoms with E-state index in [1.54, 1.807) is 0 Å². The van der Waals surface area contributed by atoms with Crippen LogP contribution in [0.2, 0.25) is 0 Å². The molecule has 0 N–H and O–H groups in total. The maximum absolute atomic E-state index is 11.5. The van der Waals surface area contributed by atoms with E-state index in [4.69, 9.17) is 25.3 Å². The number of hydrogen-bond donors (Lipinski definition) is 0.